The lowest BCUT2D eigenvalue weighted by molar-refractivity contribution is -0.148. The van der Waals surface area contributed by atoms with Gasteiger partial charge in [0.2, 0.25) is 0 Å². The van der Waals surface area contributed by atoms with E-state index in [0.29, 0.717) is 12.8 Å². The number of aliphatic hydroxyl groups excluding tert-OH is 2. The molecule has 37 heavy (non-hydrogen) atoms. The van der Waals surface area contributed by atoms with Gasteiger partial charge in [0.1, 0.15) is 18.3 Å². The molecule has 2 heterocycles. The molecule has 0 spiro atoms. The summed E-state index contributed by atoms with van der Waals surface area (Å²) >= 11 is 0. The van der Waals surface area contributed by atoms with Gasteiger partial charge in [0, 0.05) is 13.0 Å². The van der Waals surface area contributed by atoms with Gasteiger partial charge in [0.25, 0.3) is 0 Å². The molecule has 0 aromatic heterocycles. The van der Waals surface area contributed by atoms with Crippen molar-refractivity contribution in [2.24, 2.45) is 5.73 Å². The van der Waals surface area contributed by atoms with E-state index in [1.807, 2.05) is 6.92 Å². The van der Waals surface area contributed by atoms with Crippen LogP contribution in [0.25, 0.3) is 0 Å². The number of fused-ring (bicyclic) bond motifs is 1. The number of nitrogens with two attached hydrogens (primary N) is 1. The summed E-state index contributed by atoms with van der Waals surface area (Å²) in [4.78, 5) is 22.4. The molecule has 5 N–H and O–H groups in total. The van der Waals surface area contributed by atoms with Gasteiger partial charge in [-0.3, -0.25) is 13.8 Å². The molecule has 0 aromatic carbocycles. The monoisotopic (exact) mass is 549 g/mol. The number of carbonyl (C=O) groups is 1. The van der Waals surface area contributed by atoms with Crippen LogP contribution >= 0.6 is 7.82 Å². The van der Waals surface area contributed by atoms with Crippen molar-refractivity contribution in [1.82, 2.24) is 0 Å². The minimum absolute atomic E-state index is 0.0480. The molecular weight excluding hydrogens is 501 g/mol. The second kappa shape index (κ2) is 17.7. The Morgan fingerprint density at radius 2 is 1.65 bits per heavy atom. The predicted octanol–water partition coefficient (Wildman–Crippen LogP) is 3.90. The number of carbonyl (C=O) groups excluding carboxylic acids is 1. The molecule has 2 rings (SSSR count). The van der Waals surface area contributed by atoms with Crippen LogP contribution in [0.3, 0.4) is 0 Å². The zero-order valence-electron chi connectivity index (χ0n) is 22.2. The molecule has 10 nitrogen and oxygen atoms in total. The summed E-state index contributed by atoms with van der Waals surface area (Å²) in [5.74, 6) is -0.341. The highest BCUT2D eigenvalue weighted by atomic mass is 31.2. The largest absolute Gasteiger partial charge is 0.472 e. The molecule has 2 aliphatic rings. The average Bonchev–Trinajstić information content (AvgIpc) is 3.64. The molecule has 0 bridgehead atoms. The van der Waals surface area contributed by atoms with E-state index in [0.717, 1.165) is 57.8 Å². The third-order valence-corrected chi connectivity index (χ3v) is 7.82. The van der Waals surface area contributed by atoms with Crippen LogP contribution in [-0.2, 0) is 27.9 Å². The molecule has 5 unspecified atom stereocenters. The minimum Gasteiger partial charge on any atom is -0.463 e. The number of hydrogen-bond acceptors (Lipinski definition) is 9. The van der Waals surface area contributed by atoms with E-state index >= 15 is 0 Å². The average molecular weight is 550 g/mol. The van der Waals surface area contributed by atoms with E-state index in [1.54, 1.807) is 0 Å². The molecule has 0 radical (unpaired) electrons. The number of phosphoric ester groups is 1. The Hall–Kier alpha value is -0.840. The first kappa shape index (κ1) is 32.4. The van der Waals surface area contributed by atoms with Crippen molar-refractivity contribution in [2.75, 3.05) is 13.2 Å². The van der Waals surface area contributed by atoms with Crippen molar-refractivity contribution in [1.29, 1.82) is 0 Å². The fourth-order valence-corrected chi connectivity index (χ4v) is 5.58. The number of allylic oxidation sites excluding steroid dienone is 2. The molecule has 0 aliphatic carbocycles. The maximum absolute atomic E-state index is 12.3. The first-order valence-corrected chi connectivity index (χ1v) is 15.4. The van der Waals surface area contributed by atoms with Crippen molar-refractivity contribution in [3.8, 4) is 0 Å². The van der Waals surface area contributed by atoms with Gasteiger partial charge < -0.3 is 30.3 Å². The fraction of sp³-hybridized carbons (Fsp3) is 0.885. The van der Waals surface area contributed by atoms with Gasteiger partial charge in [-0.1, -0.05) is 44.3 Å². The number of hydrogen-bond donors (Lipinski definition) is 4. The van der Waals surface area contributed by atoms with Gasteiger partial charge in [-0.2, -0.15) is 0 Å². The maximum atomic E-state index is 12.3. The van der Waals surface area contributed by atoms with Crippen molar-refractivity contribution >= 4 is 13.8 Å². The Labute approximate surface area is 221 Å². The number of rotatable bonds is 5. The minimum atomic E-state index is -4.41. The number of cyclic esters (lactones) is 1. The van der Waals surface area contributed by atoms with Gasteiger partial charge in [-0.25, -0.2) is 4.57 Å². The Balaban J connectivity index is 1.97. The third kappa shape index (κ3) is 13.7. The summed E-state index contributed by atoms with van der Waals surface area (Å²) in [5, 5.41) is 21.1. The molecule has 1 saturated heterocycles. The summed E-state index contributed by atoms with van der Waals surface area (Å²) < 4.78 is 33.6. The van der Waals surface area contributed by atoms with Gasteiger partial charge in [0.05, 0.1) is 24.9 Å². The van der Waals surface area contributed by atoms with Gasteiger partial charge >= 0.3 is 13.8 Å². The standard InChI is InChI=1S/C26H48NO9P/c1-20-14-11-9-7-5-3-2-4-6-8-10-12-15-21(28)24(30)26-25(35-26)22(16-13-17-23(29)34-20)36-37(31,32)33-19-18-27/h5,7,20-22,24-26,28,30H,2-4,6,8-19,27H2,1H3,(H,31,32)/b7-5+/t20?,21?,22?,24?,25-,26+/m0/s1. The van der Waals surface area contributed by atoms with E-state index < -0.39 is 38.3 Å². The van der Waals surface area contributed by atoms with E-state index in [2.05, 4.69) is 12.2 Å². The molecule has 11 heteroatoms. The zero-order valence-corrected chi connectivity index (χ0v) is 23.1. The zero-order chi connectivity index (χ0) is 27.1. The molecule has 2 aliphatic heterocycles. The summed E-state index contributed by atoms with van der Waals surface area (Å²) in [5.41, 5.74) is 5.35. The van der Waals surface area contributed by atoms with Gasteiger partial charge in [0.15, 0.2) is 0 Å². The topological polar surface area (TPSA) is 161 Å². The van der Waals surface area contributed by atoms with Gasteiger partial charge in [-0.15, -0.1) is 0 Å². The number of aliphatic hydroxyl groups is 2. The quantitative estimate of drug-likeness (QED) is 0.171. The lowest BCUT2D eigenvalue weighted by atomic mass is 9.98. The predicted molar refractivity (Wildman–Crippen MR) is 140 cm³/mol. The number of epoxide rings is 1. The molecule has 216 valence electrons. The number of phosphoric acid groups is 1. The highest BCUT2D eigenvalue weighted by molar-refractivity contribution is 7.47. The van der Waals surface area contributed by atoms with Crippen LogP contribution in [0.15, 0.2) is 12.2 Å². The lowest BCUT2D eigenvalue weighted by Gasteiger charge is -2.21. The summed E-state index contributed by atoms with van der Waals surface area (Å²) in [6.45, 7) is 1.77. The molecule has 0 amide bonds. The van der Waals surface area contributed by atoms with Crippen molar-refractivity contribution in [3.63, 3.8) is 0 Å². The van der Waals surface area contributed by atoms with E-state index in [9.17, 15) is 24.5 Å². The van der Waals surface area contributed by atoms with E-state index in [-0.39, 0.29) is 38.1 Å². The van der Waals surface area contributed by atoms with Gasteiger partial charge in [-0.05, 0) is 58.3 Å². The second-order valence-corrected chi connectivity index (χ2v) is 11.6. The van der Waals surface area contributed by atoms with E-state index in [4.69, 9.17) is 24.3 Å². The second-order valence-electron chi connectivity index (χ2n) is 10.2. The molecule has 1 fully saturated rings. The number of ether oxygens (including phenoxy) is 2. The van der Waals surface area contributed by atoms with Crippen LogP contribution in [0, 0.1) is 0 Å². The summed E-state index contributed by atoms with van der Waals surface area (Å²) in [6.07, 6.45) is 11.1. The van der Waals surface area contributed by atoms with Crippen LogP contribution < -0.4 is 5.73 Å². The smallest absolute Gasteiger partial charge is 0.463 e. The molecule has 0 aromatic rings. The fourth-order valence-electron chi connectivity index (χ4n) is 4.62. The lowest BCUT2D eigenvalue weighted by Crippen LogP contribution is -2.34. The first-order chi connectivity index (χ1) is 17.7. The summed E-state index contributed by atoms with van der Waals surface area (Å²) in [6, 6.07) is 0. The number of esters is 1. The highest BCUT2D eigenvalue weighted by Gasteiger charge is 2.53. The Bertz CT molecular complexity index is 722. The van der Waals surface area contributed by atoms with Crippen molar-refractivity contribution < 1.29 is 43.0 Å². The van der Waals surface area contributed by atoms with Crippen molar-refractivity contribution in [2.45, 2.75) is 133 Å². The first-order valence-electron chi connectivity index (χ1n) is 14.0. The normalized spacial score (nSPS) is 34.8. The van der Waals surface area contributed by atoms with Crippen LogP contribution in [0.4, 0.5) is 0 Å². The highest BCUT2D eigenvalue weighted by Crippen LogP contribution is 2.48. The summed E-state index contributed by atoms with van der Waals surface area (Å²) in [7, 11) is -4.41. The van der Waals surface area contributed by atoms with Crippen molar-refractivity contribution in [3.05, 3.63) is 12.2 Å². The molecular formula is C26H48NO9P. The Kier molecular flexibility index (Phi) is 15.5. The third-order valence-electron chi connectivity index (χ3n) is 6.77. The molecule has 0 saturated carbocycles. The van der Waals surface area contributed by atoms with Crippen LogP contribution in [0.5, 0.6) is 0 Å². The SMILES string of the molecule is CC1CCC/C=C/CCCCCCCCC(O)C(O)[C@H]2O[C@H]2C(OP(=O)(O)OCCN)CCCC(=O)O1. The maximum Gasteiger partial charge on any atom is 0.472 e. The van der Waals surface area contributed by atoms with Crippen LogP contribution in [-0.4, -0.2) is 70.9 Å². The molecule has 7 atom stereocenters. The Morgan fingerprint density at radius 1 is 0.973 bits per heavy atom. The Morgan fingerprint density at radius 3 is 2.38 bits per heavy atom. The van der Waals surface area contributed by atoms with Crippen LogP contribution in [0.1, 0.15) is 96.8 Å². The van der Waals surface area contributed by atoms with Crippen LogP contribution in [0.2, 0.25) is 0 Å². The van der Waals surface area contributed by atoms with E-state index in [1.165, 1.54) is 6.42 Å².